The molecule has 1 aliphatic heterocycles. The van der Waals surface area contributed by atoms with E-state index >= 15 is 0 Å². The lowest BCUT2D eigenvalue weighted by molar-refractivity contribution is 0.0499. The molecule has 3 aromatic rings. The second kappa shape index (κ2) is 9.42. The quantitative estimate of drug-likeness (QED) is 0.603. The molecule has 0 radical (unpaired) electrons. The van der Waals surface area contributed by atoms with Gasteiger partial charge in [0.1, 0.15) is 22.5 Å². The van der Waals surface area contributed by atoms with Crippen molar-refractivity contribution in [3.63, 3.8) is 0 Å². The molecule has 30 heavy (non-hydrogen) atoms. The van der Waals surface area contributed by atoms with E-state index in [0.29, 0.717) is 0 Å². The predicted molar refractivity (Wildman–Crippen MR) is 113 cm³/mol. The number of aromatic nitrogens is 2. The fourth-order valence-electron chi connectivity index (χ4n) is 4.11. The first-order valence-electron chi connectivity index (χ1n) is 10.2. The van der Waals surface area contributed by atoms with Crippen LogP contribution in [0.1, 0.15) is 17.5 Å². The Morgan fingerprint density at radius 2 is 1.73 bits per heavy atom. The fourth-order valence-corrected chi connectivity index (χ4v) is 4.11. The molecule has 0 unspecified atom stereocenters. The van der Waals surface area contributed by atoms with Crippen molar-refractivity contribution < 1.29 is 19.2 Å². The number of rotatable bonds is 8. The van der Waals surface area contributed by atoms with Gasteiger partial charge in [-0.1, -0.05) is 6.07 Å². The van der Waals surface area contributed by atoms with E-state index in [0.717, 1.165) is 67.2 Å². The van der Waals surface area contributed by atoms with Crippen molar-refractivity contribution in [2.24, 2.45) is 0 Å². The Kier molecular flexibility index (Phi) is 6.47. The molecule has 0 amide bonds. The Morgan fingerprint density at radius 3 is 2.47 bits per heavy atom. The van der Waals surface area contributed by atoms with Crippen molar-refractivity contribution in [3.8, 4) is 11.5 Å². The first-order chi connectivity index (χ1) is 14.7. The monoisotopic (exact) mass is 412 g/mol. The van der Waals surface area contributed by atoms with Crippen LogP contribution in [0, 0.1) is 0 Å². The van der Waals surface area contributed by atoms with Gasteiger partial charge in [-0.15, -0.1) is 0 Å². The van der Waals surface area contributed by atoms with Gasteiger partial charge in [0.2, 0.25) is 0 Å². The Hall–Kier alpha value is -2.68. The number of aliphatic hydroxyl groups is 1. The zero-order chi connectivity index (χ0) is 20.9. The minimum absolute atomic E-state index is 0.174. The number of benzene rings is 2. The Balaban J connectivity index is 1.44. The fraction of sp³-hybridized carbons (Fsp3) is 0.455. The zero-order valence-corrected chi connectivity index (χ0v) is 17.5. The molecule has 1 aliphatic rings. The van der Waals surface area contributed by atoms with Crippen LogP contribution < -0.4 is 9.47 Å². The summed E-state index contributed by atoms with van der Waals surface area (Å²) in [5.41, 5.74) is 3.89. The van der Waals surface area contributed by atoms with Gasteiger partial charge in [0, 0.05) is 51.4 Å². The summed E-state index contributed by atoms with van der Waals surface area (Å²) in [5.74, 6) is 1.58. The molecule has 8 heteroatoms. The molecule has 0 saturated carbocycles. The lowest BCUT2D eigenvalue weighted by Gasteiger charge is -2.41. The summed E-state index contributed by atoms with van der Waals surface area (Å²) in [6.45, 7) is 4.59. The van der Waals surface area contributed by atoms with Crippen molar-refractivity contribution in [2.75, 3.05) is 40.5 Å². The third-order valence-corrected chi connectivity index (χ3v) is 5.67. The third kappa shape index (κ3) is 4.72. The molecule has 1 saturated heterocycles. The van der Waals surface area contributed by atoms with Crippen LogP contribution >= 0.6 is 0 Å². The second-order valence-corrected chi connectivity index (χ2v) is 7.68. The minimum atomic E-state index is 0.174. The Morgan fingerprint density at radius 1 is 0.967 bits per heavy atom. The number of hydrogen-bond acceptors (Lipinski definition) is 8. The number of piperazine rings is 1. The van der Waals surface area contributed by atoms with Gasteiger partial charge >= 0.3 is 0 Å². The second-order valence-electron chi connectivity index (χ2n) is 7.68. The van der Waals surface area contributed by atoms with Gasteiger partial charge < -0.3 is 14.6 Å². The molecule has 1 aromatic heterocycles. The first kappa shape index (κ1) is 20.6. The van der Waals surface area contributed by atoms with Crippen LogP contribution in [0.4, 0.5) is 0 Å². The van der Waals surface area contributed by atoms with Crippen LogP contribution in [0.5, 0.6) is 11.5 Å². The van der Waals surface area contributed by atoms with E-state index in [1.165, 1.54) is 5.56 Å². The van der Waals surface area contributed by atoms with Gasteiger partial charge in [-0.05, 0) is 52.1 Å². The topological polar surface area (TPSA) is 84.1 Å². The summed E-state index contributed by atoms with van der Waals surface area (Å²) >= 11 is 0. The summed E-state index contributed by atoms with van der Waals surface area (Å²) in [4.78, 5) is 4.86. The number of nitrogens with zero attached hydrogens (tertiary/aromatic N) is 4. The molecule has 1 atom stereocenters. The first-order valence-corrected chi connectivity index (χ1v) is 10.2. The molecule has 4 rings (SSSR count). The molecular weight excluding hydrogens is 384 g/mol. The number of aliphatic hydroxyl groups excluding tert-OH is 1. The van der Waals surface area contributed by atoms with Crippen molar-refractivity contribution >= 4 is 11.0 Å². The smallest absolute Gasteiger partial charge is 0.135 e. The molecule has 2 heterocycles. The van der Waals surface area contributed by atoms with Crippen molar-refractivity contribution in [2.45, 2.75) is 25.6 Å². The van der Waals surface area contributed by atoms with Crippen LogP contribution in [-0.4, -0.2) is 71.7 Å². The van der Waals surface area contributed by atoms with Crippen LogP contribution in [0.25, 0.3) is 11.0 Å². The Bertz CT molecular complexity index is 954. The van der Waals surface area contributed by atoms with Gasteiger partial charge in [-0.3, -0.25) is 9.80 Å². The maximum atomic E-state index is 9.63. The predicted octanol–water partition coefficient (Wildman–Crippen LogP) is 2.31. The normalized spacial score (nSPS) is 18.0. The molecular formula is C22H28N4O4. The highest BCUT2D eigenvalue weighted by Crippen LogP contribution is 2.25. The molecule has 160 valence electrons. The van der Waals surface area contributed by atoms with Gasteiger partial charge in [0.25, 0.3) is 0 Å². The largest absolute Gasteiger partial charge is 0.497 e. The molecule has 1 fully saturated rings. The summed E-state index contributed by atoms with van der Waals surface area (Å²) < 4.78 is 15.6. The van der Waals surface area contributed by atoms with E-state index < -0.39 is 0 Å². The highest BCUT2D eigenvalue weighted by atomic mass is 16.6. The van der Waals surface area contributed by atoms with Crippen molar-refractivity contribution in [3.05, 3.63) is 47.5 Å². The minimum Gasteiger partial charge on any atom is -0.497 e. The standard InChI is InChI=1S/C22H28N4O4/c1-28-19-9-17(10-20(12-19)29-2)14-26-7-6-25(15-18(26)5-8-27)13-16-3-4-21-22(11-16)24-30-23-21/h3-4,9-12,18,27H,5-8,13-15H2,1-2H3/t18-/m1/s1. The molecule has 0 spiro atoms. The number of ether oxygens (including phenoxy) is 2. The number of fused-ring (bicyclic) bond motifs is 1. The average Bonchev–Trinajstić information content (AvgIpc) is 3.23. The van der Waals surface area contributed by atoms with Crippen LogP contribution in [0.2, 0.25) is 0 Å². The van der Waals surface area contributed by atoms with E-state index in [9.17, 15) is 5.11 Å². The summed E-state index contributed by atoms with van der Waals surface area (Å²) in [6, 6.07) is 12.3. The lowest BCUT2D eigenvalue weighted by Crippen LogP contribution is -2.52. The SMILES string of the molecule is COc1cc(CN2CCN(Cc3ccc4nonc4c3)C[C@H]2CCO)cc(OC)c1. The summed E-state index contributed by atoms with van der Waals surface area (Å²) in [5, 5.41) is 17.4. The lowest BCUT2D eigenvalue weighted by atomic mass is 10.1. The van der Waals surface area contributed by atoms with Crippen LogP contribution in [-0.2, 0) is 13.1 Å². The van der Waals surface area contributed by atoms with Gasteiger partial charge in [-0.25, -0.2) is 4.63 Å². The molecule has 1 N–H and O–H groups in total. The highest BCUT2D eigenvalue weighted by Gasteiger charge is 2.27. The van der Waals surface area contributed by atoms with Crippen molar-refractivity contribution in [1.82, 2.24) is 20.1 Å². The molecule has 0 bridgehead atoms. The zero-order valence-electron chi connectivity index (χ0n) is 17.5. The molecule has 8 nitrogen and oxygen atoms in total. The average molecular weight is 412 g/mol. The Labute approximate surface area is 175 Å². The summed E-state index contributed by atoms with van der Waals surface area (Å²) in [7, 11) is 3.33. The maximum absolute atomic E-state index is 9.63. The van der Waals surface area contributed by atoms with E-state index in [4.69, 9.17) is 14.1 Å². The van der Waals surface area contributed by atoms with Crippen LogP contribution in [0.15, 0.2) is 41.0 Å². The van der Waals surface area contributed by atoms with E-state index in [-0.39, 0.29) is 12.6 Å². The van der Waals surface area contributed by atoms with E-state index in [1.54, 1.807) is 14.2 Å². The number of methoxy groups -OCH3 is 2. The van der Waals surface area contributed by atoms with E-state index in [2.05, 4.69) is 26.2 Å². The van der Waals surface area contributed by atoms with Crippen LogP contribution in [0.3, 0.4) is 0 Å². The molecule has 0 aliphatic carbocycles. The highest BCUT2D eigenvalue weighted by molar-refractivity contribution is 5.73. The third-order valence-electron chi connectivity index (χ3n) is 5.67. The summed E-state index contributed by atoms with van der Waals surface area (Å²) in [6.07, 6.45) is 0.740. The van der Waals surface area contributed by atoms with Gasteiger partial charge in [-0.2, -0.15) is 0 Å². The van der Waals surface area contributed by atoms with E-state index in [1.807, 2.05) is 30.3 Å². The molecule has 2 aromatic carbocycles. The number of hydrogen-bond donors (Lipinski definition) is 1. The van der Waals surface area contributed by atoms with Crippen molar-refractivity contribution in [1.29, 1.82) is 0 Å². The van der Waals surface area contributed by atoms with Gasteiger partial charge in [0.15, 0.2) is 0 Å². The van der Waals surface area contributed by atoms with Gasteiger partial charge in [0.05, 0.1) is 14.2 Å². The maximum Gasteiger partial charge on any atom is 0.135 e.